The lowest BCUT2D eigenvalue weighted by Crippen LogP contribution is -2.35. The van der Waals surface area contributed by atoms with Crippen molar-refractivity contribution in [3.8, 4) is 0 Å². The number of nitrogens with two attached hydrogens (primary N) is 1. The summed E-state index contributed by atoms with van der Waals surface area (Å²) in [6, 6.07) is 5.18. The lowest BCUT2D eigenvalue weighted by atomic mass is 10.1. The molecule has 0 saturated heterocycles. The van der Waals surface area contributed by atoms with E-state index in [0.29, 0.717) is 24.5 Å². The van der Waals surface area contributed by atoms with Gasteiger partial charge in [0.1, 0.15) is 0 Å². The van der Waals surface area contributed by atoms with Crippen molar-refractivity contribution in [2.45, 2.75) is 31.7 Å². The van der Waals surface area contributed by atoms with Crippen LogP contribution in [0.25, 0.3) is 0 Å². The normalized spacial score (nSPS) is 17.3. The highest BCUT2D eigenvalue weighted by Crippen LogP contribution is 2.22. The van der Waals surface area contributed by atoms with Crippen LogP contribution in [0.5, 0.6) is 0 Å². The molecule has 0 amide bonds. The molecule has 2 N–H and O–H groups in total. The van der Waals surface area contributed by atoms with Gasteiger partial charge in [-0.3, -0.25) is 0 Å². The third kappa shape index (κ3) is 2.88. The SMILES string of the molecule is CC1=CCCN(S(=O)(=O)c2ccc(C)c(CN)c2)C1. The maximum atomic E-state index is 12.6. The van der Waals surface area contributed by atoms with E-state index in [0.717, 1.165) is 23.1 Å². The van der Waals surface area contributed by atoms with E-state index >= 15 is 0 Å². The Morgan fingerprint density at radius 2 is 2.05 bits per heavy atom. The van der Waals surface area contributed by atoms with Crippen molar-refractivity contribution < 1.29 is 8.42 Å². The van der Waals surface area contributed by atoms with Crippen LogP contribution < -0.4 is 5.73 Å². The minimum atomic E-state index is -3.41. The largest absolute Gasteiger partial charge is 0.326 e. The van der Waals surface area contributed by atoms with Crippen molar-refractivity contribution >= 4 is 10.0 Å². The molecule has 0 saturated carbocycles. The minimum absolute atomic E-state index is 0.341. The lowest BCUT2D eigenvalue weighted by Gasteiger charge is -2.25. The van der Waals surface area contributed by atoms with Gasteiger partial charge in [-0.05, 0) is 43.5 Å². The van der Waals surface area contributed by atoms with E-state index in [1.165, 1.54) is 4.31 Å². The van der Waals surface area contributed by atoms with Crippen molar-refractivity contribution in [3.63, 3.8) is 0 Å². The first-order valence-corrected chi connectivity index (χ1v) is 7.84. The standard InChI is InChI=1S/C14H20N2O2S/c1-11-4-3-7-16(10-11)19(17,18)14-6-5-12(2)13(8-14)9-15/h4-6,8H,3,7,9-10,15H2,1-2H3. The number of hydrogen-bond donors (Lipinski definition) is 1. The molecule has 104 valence electrons. The summed E-state index contributed by atoms with van der Waals surface area (Å²) in [5.41, 5.74) is 8.65. The van der Waals surface area contributed by atoms with Crippen LogP contribution in [0, 0.1) is 6.92 Å². The third-order valence-corrected chi connectivity index (χ3v) is 5.32. The van der Waals surface area contributed by atoms with Gasteiger partial charge >= 0.3 is 0 Å². The monoisotopic (exact) mass is 280 g/mol. The Balaban J connectivity index is 2.37. The Kier molecular flexibility index (Phi) is 4.08. The van der Waals surface area contributed by atoms with E-state index in [4.69, 9.17) is 5.73 Å². The van der Waals surface area contributed by atoms with Crippen LogP contribution in [0.3, 0.4) is 0 Å². The molecule has 1 aliphatic heterocycles. The van der Waals surface area contributed by atoms with Gasteiger partial charge in [0.15, 0.2) is 0 Å². The predicted molar refractivity (Wildman–Crippen MR) is 76.2 cm³/mol. The van der Waals surface area contributed by atoms with Crippen LogP contribution in [0.1, 0.15) is 24.5 Å². The molecule has 0 fully saturated rings. The second-order valence-corrected chi connectivity index (χ2v) is 6.91. The Morgan fingerprint density at radius 1 is 1.32 bits per heavy atom. The van der Waals surface area contributed by atoms with Crippen molar-refractivity contribution in [2.75, 3.05) is 13.1 Å². The summed E-state index contributed by atoms with van der Waals surface area (Å²) in [6.07, 6.45) is 2.87. The van der Waals surface area contributed by atoms with Gasteiger partial charge in [-0.15, -0.1) is 0 Å². The Hall–Kier alpha value is -1.17. The highest BCUT2D eigenvalue weighted by atomic mass is 32.2. The van der Waals surface area contributed by atoms with Gasteiger partial charge in [-0.25, -0.2) is 8.42 Å². The van der Waals surface area contributed by atoms with Gasteiger partial charge in [-0.1, -0.05) is 17.7 Å². The molecule has 1 aromatic carbocycles. The van der Waals surface area contributed by atoms with Crippen LogP contribution in [-0.4, -0.2) is 25.8 Å². The molecule has 0 unspecified atom stereocenters. The van der Waals surface area contributed by atoms with Crippen molar-refractivity contribution in [1.82, 2.24) is 4.31 Å². The van der Waals surface area contributed by atoms with Gasteiger partial charge in [0.25, 0.3) is 0 Å². The lowest BCUT2D eigenvalue weighted by molar-refractivity contribution is 0.428. The number of hydrogen-bond acceptors (Lipinski definition) is 3. The number of nitrogens with zero attached hydrogens (tertiary/aromatic N) is 1. The van der Waals surface area contributed by atoms with Crippen LogP contribution in [0.2, 0.25) is 0 Å². The number of benzene rings is 1. The molecule has 0 spiro atoms. The molecule has 1 heterocycles. The highest BCUT2D eigenvalue weighted by molar-refractivity contribution is 7.89. The average Bonchev–Trinajstić information content (AvgIpc) is 2.39. The number of sulfonamides is 1. The van der Waals surface area contributed by atoms with E-state index in [2.05, 4.69) is 6.08 Å². The fourth-order valence-electron chi connectivity index (χ4n) is 2.26. The molecule has 5 heteroatoms. The maximum Gasteiger partial charge on any atom is 0.243 e. The Labute approximate surface area is 115 Å². The van der Waals surface area contributed by atoms with E-state index in [-0.39, 0.29) is 0 Å². The van der Waals surface area contributed by atoms with Gasteiger partial charge in [0.2, 0.25) is 10.0 Å². The van der Waals surface area contributed by atoms with Crippen LogP contribution in [-0.2, 0) is 16.6 Å². The van der Waals surface area contributed by atoms with Crippen LogP contribution >= 0.6 is 0 Å². The van der Waals surface area contributed by atoms with E-state index in [1.807, 2.05) is 19.9 Å². The molecule has 2 rings (SSSR count). The first kappa shape index (κ1) is 14.2. The second-order valence-electron chi connectivity index (χ2n) is 4.97. The quantitative estimate of drug-likeness (QED) is 0.859. The van der Waals surface area contributed by atoms with Crippen LogP contribution in [0.15, 0.2) is 34.7 Å². The molecule has 4 nitrogen and oxygen atoms in total. The summed E-state index contributed by atoms with van der Waals surface area (Å²) in [5.74, 6) is 0. The van der Waals surface area contributed by atoms with Crippen molar-refractivity contribution in [2.24, 2.45) is 5.73 Å². The molecule has 0 bridgehead atoms. The summed E-state index contributed by atoms with van der Waals surface area (Å²) >= 11 is 0. The zero-order valence-corrected chi connectivity index (χ0v) is 12.2. The van der Waals surface area contributed by atoms with Crippen molar-refractivity contribution in [3.05, 3.63) is 41.0 Å². The zero-order valence-electron chi connectivity index (χ0n) is 11.4. The topological polar surface area (TPSA) is 63.4 Å². The third-order valence-electron chi connectivity index (χ3n) is 3.48. The molecule has 0 radical (unpaired) electrons. The summed E-state index contributed by atoms with van der Waals surface area (Å²) in [7, 11) is -3.41. The number of aryl methyl sites for hydroxylation is 1. The van der Waals surface area contributed by atoms with Gasteiger partial charge in [0.05, 0.1) is 4.90 Å². The fourth-order valence-corrected chi connectivity index (χ4v) is 3.81. The van der Waals surface area contributed by atoms with E-state index < -0.39 is 10.0 Å². The van der Waals surface area contributed by atoms with E-state index in [1.54, 1.807) is 12.1 Å². The first-order chi connectivity index (χ1) is 8.95. The molecule has 1 aromatic rings. The summed E-state index contributed by atoms with van der Waals surface area (Å²) in [5, 5.41) is 0. The minimum Gasteiger partial charge on any atom is -0.326 e. The second kappa shape index (κ2) is 5.45. The summed E-state index contributed by atoms with van der Waals surface area (Å²) in [6.45, 7) is 5.28. The smallest absolute Gasteiger partial charge is 0.243 e. The van der Waals surface area contributed by atoms with Crippen molar-refractivity contribution in [1.29, 1.82) is 0 Å². The van der Waals surface area contributed by atoms with Gasteiger partial charge in [-0.2, -0.15) is 4.31 Å². The molecule has 0 aromatic heterocycles. The molecular weight excluding hydrogens is 260 g/mol. The van der Waals surface area contributed by atoms with Gasteiger partial charge in [0, 0.05) is 19.6 Å². The molecule has 0 atom stereocenters. The fraction of sp³-hybridized carbons (Fsp3) is 0.429. The summed E-state index contributed by atoms with van der Waals surface area (Å²) < 4.78 is 26.7. The van der Waals surface area contributed by atoms with E-state index in [9.17, 15) is 8.42 Å². The Bertz CT molecular complexity index is 606. The number of rotatable bonds is 3. The Morgan fingerprint density at radius 3 is 2.68 bits per heavy atom. The molecule has 19 heavy (non-hydrogen) atoms. The molecule has 1 aliphatic rings. The highest BCUT2D eigenvalue weighted by Gasteiger charge is 2.26. The first-order valence-electron chi connectivity index (χ1n) is 6.40. The average molecular weight is 280 g/mol. The predicted octanol–water partition coefficient (Wildman–Crippen LogP) is 1.79. The molecule has 0 aliphatic carbocycles. The van der Waals surface area contributed by atoms with Crippen LogP contribution in [0.4, 0.5) is 0 Å². The maximum absolute atomic E-state index is 12.6. The zero-order chi connectivity index (χ0) is 14.0. The summed E-state index contributed by atoms with van der Waals surface area (Å²) in [4.78, 5) is 0.341. The molecular formula is C14H20N2O2S. The van der Waals surface area contributed by atoms with Gasteiger partial charge < -0.3 is 5.73 Å².